The van der Waals surface area contributed by atoms with Crippen LogP contribution in [0.3, 0.4) is 0 Å². The predicted octanol–water partition coefficient (Wildman–Crippen LogP) is 3.23. The largest absolute Gasteiger partial charge is 0.338 e. The normalized spacial score (nSPS) is 19.0. The zero-order valence-electron chi connectivity index (χ0n) is 15.4. The van der Waals surface area contributed by atoms with Gasteiger partial charge in [0.15, 0.2) is 0 Å². The van der Waals surface area contributed by atoms with Crippen LogP contribution >= 0.6 is 22.7 Å². The molecule has 27 heavy (non-hydrogen) atoms. The Morgan fingerprint density at radius 3 is 2.96 bits per heavy atom. The molecule has 0 fully saturated rings. The van der Waals surface area contributed by atoms with Crippen molar-refractivity contribution in [1.29, 1.82) is 0 Å². The molecular weight excluding hydrogens is 378 g/mol. The lowest BCUT2D eigenvalue weighted by Gasteiger charge is -2.32. The maximum Gasteiger partial charge on any atom is 0.227 e. The van der Waals surface area contributed by atoms with Gasteiger partial charge < -0.3 is 9.47 Å². The minimum absolute atomic E-state index is 0.0352. The summed E-state index contributed by atoms with van der Waals surface area (Å²) in [6, 6.07) is 2.23. The van der Waals surface area contributed by atoms with Crippen molar-refractivity contribution in [2.75, 3.05) is 6.54 Å². The number of rotatable bonds is 2. The molecule has 1 amide bonds. The molecule has 3 aromatic heterocycles. The molecule has 140 valence electrons. The molecule has 5 heterocycles. The van der Waals surface area contributed by atoms with Gasteiger partial charge in [0.1, 0.15) is 11.6 Å². The number of amides is 1. The quantitative estimate of drug-likeness (QED) is 0.664. The van der Waals surface area contributed by atoms with Gasteiger partial charge in [0.05, 0.1) is 21.5 Å². The van der Waals surface area contributed by atoms with E-state index in [1.54, 1.807) is 11.3 Å². The summed E-state index contributed by atoms with van der Waals surface area (Å²) in [6.45, 7) is 6.24. The Balaban J connectivity index is 1.33. The molecule has 0 saturated heterocycles. The first-order valence-electron chi connectivity index (χ1n) is 9.30. The van der Waals surface area contributed by atoms with Crippen molar-refractivity contribution in [1.82, 2.24) is 24.6 Å². The van der Waals surface area contributed by atoms with Crippen LogP contribution in [0, 0.1) is 19.8 Å². The third-order valence-corrected chi connectivity index (χ3v) is 7.56. The molecule has 0 aliphatic carbocycles. The van der Waals surface area contributed by atoms with E-state index < -0.39 is 0 Å². The summed E-state index contributed by atoms with van der Waals surface area (Å²) in [5.74, 6) is 2.23. The first-order chi connectivity index (χ1) is 13.1. The lowest BCUT2D eigenvalue weighted by atomic mass is 9.96. The van der Waals surface area contributed by atoms with Crippen LogP contribution in [0.25, 0.3) is 10.6 Å². The SMILES string of the molecule is Cc1nc(-c2cc3c(s2)CCN(C(=O)C2CCc4nnc(C)n4C2)C3)cs1. The predicted molar refractivity (Wildman–Crippen MR) is 106 cm³/mol. The van der Waals surface area contributed by atoms with Gasteiger partial charge in [-0.3, -0.25) is 4.79 Å². The van der Waals surface area contributed by atoms with Gasteiger partial charge in [-0.05, 0) is 38.3 Å². The van der Waals surface area contributed by atoms with Crippen LogP contribution in [0.5, 0.6) is 0 Å². The maximum absolute atomic E-state index is 13.2. The van der Waals surface area contributed by atoms with Crippen LogP contribution < -0.4 is 0 Å². The second-order valence-corrected chi connectivity index (χ2v) is 9.53. The molecule has 1 unspecified atom stereocenters. The summed E-state index contributed by atoms with van der Waals surface area (Å²) in [5, 5.41) is 11.6. The number of hydrogen-bond donors (Lipinski definition) is 0. The fourth-order valence-electron chi connectivity index (χ4n) is 4.05. The first-order valence-corrected chi connectivity index (χ1v) is 11.0. The van der Waals surface area contributed by atoms with Crippen LogP contribution in [-0.4, -0.2) is 37.1 Å². The van der Waals surface area contributed by atoms with E-state index in [2.05, 4.69) is 31.2 Å². The van der Waals surface area contributed by atoms with Gasteiger partial charge in [-0.2, -0.15) is 0 Å². The lowest BCUT2D eigenvalue weighted by molar-refractivity contribution is -0.137. The number of hydrogen-bond acceptors (Lipinski definition) is 6. The van der Waals surface area contributed by atoms with Gasteiger partial charge in [0.25, 0.3) is 0 Å². The summed E-state index contributed by atoms with van der Waals surface area (Å²) < 4.78 is 2.11. The Bertz CT molecular complexity index is 1020. The van der Waals surface area contributed by atoms with Crippen molar-refractivity contribution in [3.05, 3.63) is 38.5 Å². The minimum atomic E-state index is 0.0352. The molecule has 0 saturated carbocycles. The van der Waals surface area contributed by atoms with Crippen molar-refractivity contribution in [3.8, 4) is 10.6 Å². The van der Waals surface area contributed by atoms with E-state index in [1.165, 1.54) is 15.3 Å². The number of thiazole rings is 1. The van der Waals surface area contributed by atoms with Crippen LogP contribution in [0.4, 0.5) is 0 Å². The molecule has 2 aliphatic heterocycles. The molecule has 0 aromatic carbocycles. The highest BCUT2D eigenvalue weighted by Crippen LogP contribution is 2.36. The topological polar surface area (TPSA) is 63.9 Å². The van der Waals surface area contributed by atoms with Gasteiger partial charge in [-0.25, -0.2) is 4.98 Å². The molecule has 1 atom stereocenters. The third-order valence-electron chi connectivity index (χ3n) is 5.53. The molecule has 0 N–H and O–H groups in total. The first kappa shape index (κ1) is 17.1. The smallest absolute Gasteiger partial charge is 0.227 e. The molecule has 2 aliphatic rings. The van der Waals surface area contributed by atoms with E-state index in [0.29, 0.717) is 6.54 Å². The van der Waals surface area contributed by atoms with Gasteiger partial charge >= 0.3 is 0 Å². The van der Waals surface area contributed by atoms with Crippen molar-refractivity contribution < 1.29 is 4.79 Å². The standard InChI is InChI=1S/C19H21N5OS2/c1-11-21-22-18-4-3-13(9-24(11)18)19(25)23-6-5-16-14(8-23)7-17(27-16)15-10-26-12(2)20-15/h7,10,13H,3-6,8-9H2,1-2H3. The van der Waals surface area contributed by atoms with E-state index in [-0.39, 0.29) is 11.8 Å². The molecule has 0 radical (unpaired) electrons. The molecule has 0 bridgehead atoms. The summed E-state index contributed by atoms with van der Waals surface area (Å²) in [6.07, 6.45) is 2.65. The second kappa shape index (κ2) is 6.53. The minimum Gasteiger partial charge on any atom is -0.338 e. The number of nitrogens with zero attached hydrogens (tertiary/aromatic N) is 5. The monoisotopic (exact) mass is 399 g/mol. The summed E-state index contributed by atoms with van der Waals surface area (Å²) in [4.78, 5) is 22.4. The van der Waals surface area contributed by atoms with Crippen LogP contribution in [0.2, 0.25) is 0 Å². The van der Waals surface area contributed by atoms with E-state index in [1.807, 2.05) is 30.1 Å². The Hall–Kier alpha value is -2.06. The lowest BCUT2D eigenvalue weighted by Crippen LogP contribution is -2.42. The van der Waals surface area contributed by atoms with E-state index >= 15 is 0 Å². The van der Waals surface area contributed by atoms with Crippen molar-refractivity contribution >= 4 is 28.6 Å². The van der Waals surface area contributed by atoms with Crippen molar-refractivity contribution in [3.63, 3.8) is 0 Å². The average Bonchev–Trinajstić information content (AvgIpc) is 3.38. The number of carbonyl (C=O) groups excluding carboxylic acids is 1. The van der Waals surface area contributed by atoms with Gasteiger partial charge in [0, 0.05) is 36.3 Å². The molecule has 5 rings (SSSR count). The summed E-state index contributed by atoms with van der Waals surface area (Å²) >= 11 is 3.51. The molecule has 8 heteroatoms. The fraction of sp³-hybridized carbons (Fsp3) is 0.474. The Labute approximate surface area is 165 Å². The van der Waals surface area contributed by atoms with Crippen molar-refractivity contribution in [2.24, 2.45) is 5.92 Å². The summed E-state index contributed by atoms with van der Waals surface area (Å²) in [5.41, 5.74) is 2.36. The highest BCUT2D eigenvalue weighted by atomic mass is 32.1. The van der Waals surface area contributed by atoms with E-state index in [0.717, 1.165) is 54.7 Å². The maximum atomic E-state index is 13.2. The van der Waals surface area contributed by atoms with Crippen LogP contribution in [0.15, 0.2) is 11.4 Å². The highest BCUT2D eigenvalue weighted by Gasteiger charge is 2.32. The summed E-state index contributed by atoms with van der Waals surface area (Å²) in [7, 11) is 0. The van der Waals surface area contributed by atoms with Gasteiger partial charge in [0.2, 0.25) is 5.91 Å². The number of carbonyl (C=O) groups is 1. The molecular formula is C19H21N5OS2. The molecule has 0 spiro atoms. The van der Waals surface area contributed by atoms with E-state index in [9.17, 15) is 4.79 Å². The van der Waals surface area contributed by atoms with E-state index in [4.69, 9.17) is 0 Å². The number of fused-ring (bicyclic) bond motifs is 2. The van der Waals surface area contributed by atoms with Crippen LogP contribution in [-0.2, 0) is 30.7 Å². The molecule has 3 aromatic rings. The Kier molecular flexibility index (Phi) is 4.12. The van der Waals surface area contributed by atoms with Gasteiger partial charge in [-0.1, -0.05) is 0 Å². The number of aromatic nitrogens is 4. The highest BCUT2D eigenvalue weighted by molar-refractivity contribution is 7.16. The Morgan fingerprint density at radius 1 is 1.26 bits per heavy atom. The second-order valence-electron chi connectivity index (χ2n) is 7.33. The number of thiophene rings is 1. The average molecular weight is 400 g/mol. The zero-order valence-corrected chi connectivity index (χ0v) is 17.1. The Morgan fingerprint density at radius 2 is 2.15 bits per heavy atom. The fourth-order valence-corrected chi connectivity index (χ4v) is 5.86. The molecule has 6 nitrogen and oxygen atoms in total. The van der Waals surface area contributed by atoms with Crippen LogP contribution in [0.1, 0.15) is 33.5 Å². The number of aryl methyl sites for hydroxylation is 3. The zero-order chi connectivity index (χ0) is 18.5. The third kappa shape index (κ3) is 3.00. The van der Waals surface area contributed by atoms with Crippen molar-refractivity contribution in [2.45, 2.75) is 46.2 Å². The van der Waals surface area contributed by atoms with Gasteiger partial charge in [-0.15, -0.1) is 32.9 Å².